The van der Waals surface area contributed by atoms with E-state index in [1.54, 1.807) is 4.90 Å². The maximum Gasteiger partial charge on any atom is 0.225 e. The highest BCUT2D eigenvalue weighted by atomic mass is 32.1. The van der Waals surface area contributed by atoms with E-state index in [0.717, 1.165) is 5.69 Å². The highest BCUT2D eigenvalue weighted by molar-refractivity contribution is 7.14. The molecule has 0 radical (unpaired) electrons. The average Bonchev–Trinajstić information content (AvgIpc) is 2.74. The summed E-state index contributed by atoms with van der Waals surface area (Å²) in [5, 5.41) is 5.78. The van der Waals surface area contributed by atoms with Gasteiger partial charge >= 0.3 is 0 Å². The molecule has 0 bridgehead atoms. The number of anilines is 1. The normalized spacial score (nSPS) is 12.2. The molecule has 19 heavy (non-hydrogen) atoms. The first-order valence-electron chi connectivity index (χ1n) is 6.18. The Morgan fingerprint density at radius 1 is 1.58 bits per heavy atom. The van der Waals surface area contributed by atoms with Crippen LogP contribution in [0.2, 0.25) is 0 Å². The van der Waals surface area contributed by atoms with Gasteiger partial charge in [-0.1, -0.05) is 0 Å². The lowest BCUT2D eigenvalue weighted by molar-refractivity contribution is -0.118. The summed E-state index contributed by atoms with van der Waals surface area (Å²) in [5.74, 6) is -0.342. The molecule has 6 nitrogen and oxygen atoms in total. The quantitative estimate of drug-likeness (QED) is 0.777. The highest BCUT2D eigenvalue weighted by Crippen LogP contribution is 2.20. The number of nitrogens with two attached hydrogens (primary N) is 1. The number of nitrogens with one attached hydrogen (secondary N) is 1. The number of aromatic nitrogens is 1. The number of carbonyl (C=O) groups excluding carboxylic acids is 2. The van der Waals surface area contributed by atoms with Crippen LogP contribution in [-0.4, -0.2) is 29.4 Å². The van der Waals surface area contributed by atoms with Gasteiger partial charge in [0.15, 0.2) is 5.13 Å². The molecule has 106 valence electrons. The van der Waals surface area contributed by atoms with Gasteiger partial charge < -0.3 is 11.1 Å². The van der Waals surface area contributed by atoms with Crippen LogP contribution in [0.1, 0.15) is 32.9 Å². The Labute approximate surface area is 117 Å². The molecular weight excluding hydrogens is 264 g/mol. The van der Waals surface area contributed by atoms with E-state index in [9.17, 15) is 9.59 Å². The minimum absolute atomic E-state index is 0.0118. The van der Waals surface area contributed by atoms with Crippen LogP contribution >= 0.6 is 11.3 Å². The number of amides is 2. The molecule has 0 saturated carbocycles. The molecule has 2 amide bonds. The third-order valence-electron chi connectivity index (χ3n) is 2.61. The molecule has 1 heterocycles. The van der Waals surface area contributed by atoms with Gasteiger partial charge in [-0.3, -0.25) is 14.5 Å². The molecule has 7 heteroatoms. The van der Waals surface area contributed by atoms with Gasteiger partial charge in [0.25, 0.3) is 0 Å². The van der Waals surface area contributed by atoms with Crippen molar-refractivity contribution >= 4 is 28.3 Å². The molecule has 0 aliphatic carbocycles. The lowest BCUT2D eigenvalue weighted by Crippen LogP contribution is -2.31. The Balaban J connectivity index is 2.55. The molecule has 1 aromatic rings. The molecule has 1 rings (SSSR count). The van der Waals surface area contributed by atoms with Gasteiger partial charge in [0.1, 0.15) is 0 Å². The van der Waals surface area contributed by atoms with Crippen LogP contribution in [0.4, 0.5) is 5.13 Å². The second kappa shape index (κ2) is 7.20. The predicted molar refractivity (Wildman–Crippen MR) is 75.9 cm³/mol. The summed E-state index contributed by atoms with van der Waals surface area (Å²) >= 11 is 1.44. The lowest BCUT2D eigenvalue weighted by Gasteiger charge is -2.14. The molecule has 0 aromatic carbocycles. The van der Waals surface area contributed by atoms with Crippen LogP contribution in [0.25, 0.3) is 0 Å². The van der Waals surface area contributed by atoms with E-state index < -0.39 is 0 Å². The van der Waals surface area contributed by atoms with E-state index >= 15 is 0 Å². The van der Waals surface area contributed by atoms with Crippen molar-refractivity contribution in [3.05, 3.63) is 11.1 Å². The van der Waals surface area contributed by atoms with Gasteiger partial charge in [-0.05, 0) is 13.8 Å². The van der Waals surface area contributed by atoms with Crippen molar-refractivity contribution in [3.8, 4) is 0 Å². The van der Waals surface area contributed by atoms with Crippen molar-refractivity contribution in [2.45, 2.75) is 39.8 Å². The second-order valence-electron chi connectivity index (χ2n) is 4.34. The molecule has 0 spiro atoms. The van der Waals surface area contributed by atoms with Gasteiger partial charge in [0, 0.05) is 37.9 Å². The molecule has 0 aliphatic heterocycles. The summed E-state index contributed by atoms with van der Waals surface area (Å²) in [6.07, 6.45) is 0.297. The summed E-state index contributed by atoms with van der Waals surface area (Å²) < 4.78 is 0. The third-order valence-corrected chi connectivity index (χ3v) is 3.52. The molecule has 0 aliphatic rings. The molecular formula is C12H20N4O2S. The summed E-state index contributed by atoms with van der Waals surface area (Å²) in [5.41, 5.74) is 5.98. The topological polar surface area (TPSA) is 88.3 Å². The van der Waals surface area contributed by atoms with Crippen LogP contribution < -0.4 is 16.0 Å². The summed E-state index contributed by atoms with van der Waals surface area (Å²) in [4.78, 5) is 28.2. The third kappa shape index (κ3) is 4.96. The van der Waals surface area contributed by atoms with Gasteiger partial charge in [0.2, 0.25) is 11.8 Å². The second-order valence-corrected chi connectivity index (χ2v) is 5.17. The highest BCUT2D eigenvalue weighted by Gasteiger charge is 2.13. The van der Waals surface area contributed by atoms with Crippen molar-refractivity contribution in [2.75, 3.05) is 11.4 Å². The molecule has 0 fully saturated rings. The lowest BCUT2D eigenvalue weighted by atomic mass is 10.2. The van der Waals surface area contributed by atoms with Crippen LogP contribution in [0.3, 0.4) is 0 Å². The number of carbonyl (C=O) groups is 2. The maximum atomic E-state index is 11.4. The van der Waals surface area contributed by atoms with Gasteiger partial charge in [0.05, 0.1) is 5.69 Å². The zero-order valence-corrected chi connectivity index (χ0v) is 12.3. The Morgan fingerprint density at radius 3 is 2.79 bits per heavy atom. The standard InChI is InChI=1S/C12H20N4O2S/c1-4-16(9(3)17)12-15-10(7-19-12)6-14-8(2)5-11(13)18/h7-8,14H,4-6H2,1-3H3,(H2,13,18). The predicted octanol–water partition coefficient (Wildman–Crippen LogP) is 0.869. The average molecular weight is 284 g/mol. The summed E-state index contributed by atoms with van der Waals surface area (Å²) in [6, 6.07) is 0.0118. The fourth-order valence-electron chi connectivity index (χ4n) is 1.65. The first-order valence-corrected chi connectivity index (χ1v) is 7.06. The van der Waals surface area contributed by atoms with Gasteiger partial charge in [-0.25, -0.2) is 4.98 Å². The summed E-state index contributed by atoms with van der Waals surface area (Å²) in [7, 11) is 0. The number of thiazole rings is 1. The van der Waals surface area contributed by atoms with Crippen molar-refractivity contribution in [1.82, 2.24) is 10.3 Å². The Morgan fingerprint density at radius 2 is 2.26 bits per heavy atom. The van der Waals surface area contributed by atoms with Crippen LogP contribution in [-0.2, 0) is 16.1 Å². The Kier molecular flexibility index (Phi) is 5.91. The largest absolute Gasteiger partial charge is 0.370 e. The first-order chi connectivity index (χ1) is 8.93. The monoisotopic (exact) mass is 284 g/mol. The van der Waals surface area contributed by atoms with Crippen LogP contribution in [0.15, 0.2) is 5.38 Å². The number of hydrogen-bond donors (Lipinski definition) is 2. The van der Waals surface area contributed by atoms with Crippen molar-refractivity contribution < 1.29 is 9.59 Å². The Hall–Kier alpha value is -1.47. The van der Waals surface area contributed by atoms with E-state index in [0.29, 0.717) is 24.6 Å². The van der Waals surface area contributed by atoms with E-state index in [4.69, 9.17) is 5.73 Å². The Bertz CT molecular complexity index is 447. The van der Waals surface area contributed by atoms with Gasteiger partial charge in [-0.2, -0.15) is 0 Å². The first kappa shape index (κ1) is 15.6. The fourth-order valence-corrected chi connectivity index (χ4v) is 2.58. The smallest absolute Gasteiger partial charge is 0.225 e. The van der Waals surface area contributed by atoms with Crippen LogP contribution in [0.5, 0.6) is 0 Å². The molecule has 1 aromatic heterocycles. The fraction of sp³-hybridized carbons (Fsp3) is 0.583. The molecule has 0 saturated heterocycles. The van der Waals surface area contributed by atoms with E-state index in [1.807, 2.05) is 19.2 Å². The summed E-state index contributed by atoms with van der Waals surface area (Å²) in [6.45, 7) is 6.49. The van der Waals surface area contributed by atoms with Gasteiger partial charge in [-0.15, -0.1) is 11.3 Å². The molecule has 1 atom stereocenters. The maximum absolute atomic E-state index is 11.4. The van der Waals surface area contributed by atoms with Crippen LogP contribution in [0, 0.1) is 0 Å². The van der Waals surface area contributed by atoms with E-state index in [1.165, 1.54) is 18.3 Å². The molecule has 1 unspecified atom stereocenters. The number of rotatable bonds is 7. The number of nitrogens with zero attached hydrogens (tertiary/aromatic N) is 2. The van der Waals surface area contributed by atoms with E-state index in [-0.39, 0.29) is 17.9 Å². The SMILES string of the molecule is CCN(C(C)=O)c1nc(CNC(C)CC(N)=O)cs1. The van der Waals surface area contributed by atoms with Crippen molar-refractivity contribution in [1.29, 1.82) is 0 Å². The zero-order valence-electron chi connectivity index (χ0n) is 11.5. The zero-order chi connectivity index (χ0) is 14.4. The van der Waals surface area contributed by atoms with E-state index in [2.05, 4.69) is 10.3 Å². The number of primary amides is 1. The van der Waals surface area contributed by atoms with Crippen molar-refractivity contribution in [3.63, 3.8) is 0 Å². The number of hydrogen-bond acceptors (Lipinski definition) is 5. The molecule has 3 N–H and O–H groups in total. The minimum atomic E-state index is -0.326. The van der Waals surface area contributed by atoms with Crippen molar-refractivity contribution in [2.24, 2.45) is 5.73 Å². The minimum Gasteiger partial charge on any atom is -0.370 e.